The molecule has 1 aromatic carbocycles. The minimum absolute atomic E-state index is 0.0350. The van der Waals surface area contributed by atoms with Gasteiger partial charge in [0.2, 0.25) is 5.91 Å². The summed E-state index contributed by atoms with van der Waals surface area (Å²) in [6, 6.07) is 5.36. The first-order valence-electron chi connectivity index (χ1n) is 6.64. The van der Waals surface area contributed by atoms with Crippen molar-refractivity contribution in [2.45, 2.75) is 44.0 Å². The summed E-state index contributed by atoms with van der Waals surface area (Å²) < 4.78 is 23.7. The predicted octanol–water partition coefficient (Wildman–Crippen LogP) is 1.82. The molecule has 4 nitrogen and oxygen atoms in total. The van der Waals surface area contributed by atoms with Gasteiger partial charge < -0.3 is 5.32 Å². The third kappa shape index (κ3) is 3.35. The molecule has 0 atom stereocenters. The van der Waals surface area contributed by atoms with Gasteiger partial charge in [-0.15, -0.1) is 0 Å². The van der Waals surface area contributed by atoms with E-state index in [-0.39, 0.29) is 11.7 Å². The largest absolute Gasteiger partial charge is 0.352 e. The van der Waals surface area contributed by atoms with Crippen molar-refractivity contribution in [1.29, 1.82) is 0 Å². The van der Waals surface area contributed by atoms with Gasteiger partial charge in [-0.25, -0.2) is 8.42 Å². The molecule has 1 aliphatic rings. The Kier molecular flexibility index (Phi) is 4.24. The number of carbonyl (C=O) groups excluding carboxylic acids is 1. The van der Waals surface area contributed by atoms with Crippen LogP contribution in [0.1, 0.15) is 37.3 Å². The van der Waals surface area contributed by atoms with Gasteiger partial charge in [0, 0.05) is 13.0 Å². The van der Waals surface area contributed by atoms with E-state index in [1.165, 1.54) is 0 Å². The molecule has 1 N–H and O–H groups in total. The lowest BCUT2D eigenvalue weighted by molar-refractivity contribution is -0.121. The molecule has 0 radical (unpaired) electrons. The van der Waals surface area contributed by atoms with Gasteiger partial charge in [-0.2, -0.15) is 0 Å². The third-order valence-corrected chi connectivity index (χ3v) is 5.18. The first-order chi connectivity index (χ1) is 9.03. The maximum absolute atomic E-state index is 11.9. The van der Waals surface area contributed by atoms with E-state index in [4.69, 9.17) is 0 Å². The summed E-state index contributed by atoms with van der Waals surface area (Å²) in [6.45, 7) is 2.43. The SMILES string of the molecule is CCCC(=O)NCc1ccc2c(c1)CCCS2(=O)=O. The number of amides is 1. The van der Waals surface area contributed by atoms with Gasteiger partial charge in [-0.05, 0) is 36.5 Å². The number of rotatable bonds is 4. The average molecular weight is 281 g/mol. The van der Waals surface area contributed by atoms with Gasteiger partial charge in [0.05, 0.1) is 10.6 Å². The van der Waals surface area contributed by atoms with E-state index >= 15 is 0 Å². The van der Waals surface area contributed by atoms with Crippen LogP contribution in [0.3, 0.4) is 0 Å². The van der Waals surface area contributed by atoms with Crippen LogP contribution in [0.5, 0.6) is 0 Å². The standard InChI is InChI=1S/C14H19NO3S/c1-2-4-14(16)15-10-11-6-7-13-12(9-11)5-3-8-19(13,17)18/h6-7,9H,2-5,8,10H2,1H3,(H,15,16). The highest BCUT2D eigenvalue weighted by Gasteiger charge is 2.23. The number of nitrogens with one attached hydrogen (secondary N) is 1. The predicted molar refractivity (Wildman–Crippen MR) is 73.6 cm³/mol. The summed E-state index contributed by atoms with van der Waals surface area (Å²) in [5.41, 5.74) is 1.84. The van der Waals surface area contributed by atoms with Crippen LogP contribution in [0.2, 0.25) is 0 Å². The second-order valence-electron chi connectivity index (χ2n) is 4.89. The van der Waals surface area contributed by atoms with Crippen LogP contribution in [0.15, 0.2) is 23.1 Å². The van der Waals surface area contributed by atoms with E-state index < -0.39 is 9.84 Å². The molecule has 19 heavy (non-hydrogen) atoms. The van der Waals surface area contributed by atoms with E-state index in [1.807, 2.05) is 13.0 Å². The highest BCUT2D eigenvalue weighted by molar-refractivity contribution is 7.91. The Morgan fingerprint density at radius 3 is 2.89 bits per heavy atom. The van der Waals surface area contributed by atoms with Crippen LogP contribution in [-0.2, 0) is 27.6 Å². The van der Waals surface area contributed by atoms with Crippen molar-refractivity contribution < 1.29 is 13.2 Å². The molecular formula is C14H19NO3S. The normalized spacial score (nSPS) is 16.7. The Balaban J connectivity index is 2.11. The van der Waals surface area contributed by atoms with E-state index in [0.717, 1.165) is 24.0 Å². The molecular weight excluding hydrogens is 262 g/mol. The van der Waals surface area contributed by atoms with E-state index in [1.54, 1.807) is 12.1 Å². The van der Waals surface area contributed by atoms with Crippen LogP contribution in [0.4, 0.5) is 0 Å². The second kappa shape index (κ2) is 5.74. The monoisotopic (exact) mass is 281 g/mol. The second-order valence-corrected chi connectivity index (χ2v) is 6.97. The molecule has 0 fully saturated rings. The van der Waals surface area contributed by atoms with Crippen LogP contribution in [0.25, 0.3) is 0 Å². The fourth-order valence-electron chi connectivity index (χ4n) is 2.32. The number of sulfone groups is 1. The Morgan fingerprint density at radius 2 is 2.16 bits per heavy atom. The molecule has 0 bridgehead atoms. The number of hydrogen-bond acceptors (Lipinski definition) is 3. The van der Waals surface area contributed by atoms with Crippen molar-refractivity contribution in [2.24, 2.45) is 0 Å². The van der Waals surface area contributed by atoms with E-state index in [9.17, 15) is 13.2 Å². The van der Waals surface area contributed by atoms with Crippen molar-refractivity contribution in [1.82, 2.24) is 5.32 Å². The molecule has 2 rings (SSSR count). The molecule has 0 spiro atoms. The molecule has 0 aliphatic carbocycles. The zero-order valence-corrected chi connectivity index (χ0v) is 11.9. The van der Waals surface area contributed by atoms with E-state index in [2.05, 4.69) is 5.32 Å². The lowest BCUT2D eigenvalue weighted by atomic mass is 10.1. The van der Waals surface area contributed by atoms with Crippen LogP contribution in [0, 0.1) is 0 Å². The first-order valence-corrected chi connectivity index (χ1v) is 8.29. The molecule has 1 amide bonds. The van der Waals surface area contributed by atoms with Crippen molar-refractivity contribution in [3.63, 3.8) is 0 Å². The Morgan fingerprint density at radius 1 is 1.37 bits per heavy atom. The van der Waals surface area contributed by atoms with Crippen molar-refractivity contribution in [3.05, 3.63) is 29.3 Å². The lowest BCUT2D eigenvalue weighted by Crippen LogP contribution is -2.22. The van der Waals surface area contributed by atoms with Gasteiger partial charge in [-0.3, -0.25) is 4.79 Å². The summed E-state index contributed by atoms with van der Waals surface area (Å²) in [4.78, 5) is 11.9. The quantitative estimate of drug-likeness (QED) is 0.915. The minimum Gasteiger partial charge on any atom is -0.352 e. The molecule has 1 aromatic rings. The fourth-order valence-corrected chi connectivity index (χ4v) is 3.90. The Hall–Kier alpha value is -1.36. The summed E-state index contributed by atoms with van der Waals surface area (Å²) in [5, 5.41) is 2.84. The molecule has 5 heteroatoms. The Labute approximate surface area is 114 Å². The summed E-state index contributed by atoms with van der Waals surface area (Å²) in [7, 11) is -3.09. The number of benzene rings is 1. The molecule has 104 valence electrons. The number of aryl methyl sites for hydroxylation is 1. The maximum Gasteiger partial charge on any atom is 0.220 e. The van der Waals surface area contributed by atoms with Gasteiger partial charge >= 0.3 is 0 Å². The topological polar surface area (TPSA) is 63.2 Å². The summed E-state index contributed by atoms with van der Waals surface area (Å²) in [5.74, 6) is 0.278. The minimum atomic E-state index is -3.09. The molecule has 0 saturated heterocycles. The molecule has 1 aliphatic heterocycles. The molecule has 0 saturated carbocycles. The number of carbonyl (C=O) groups is 1. The zero-order chi connectivity index (χ0) is 13.9. The summed E-state index contributed by atoms with van der Waals surface area (Å²) >= 11 is 0. The van der Waals surface area contributed by atoms with Gasteiger partial charge in [-0.1, -0.05) is 19.1 Å². The van der Waals surface area contributed by atoms with Crippen molar-refractivity contribution in [2.75, 3.05) is 5.75 Å². The first kappa shape index (κ1) is 14.1. The van der Waals surface area contributed by atoms with Crippen LogP contribution >= 0.6 is 0 Å². The van der Waals surface area contributed by atoms with Crippen LogP contribution in [-0.4, -0.2) is 20.1 Å². The molecule has 1 heterocycles. The van der Waals surface area contributed by atoms with Gasteiger partial charge in [0.1, 0.15) is 0 Å². The maximum atomic E-state index is 11.9. The highest BCUT2D eigenvalue weighted by Crippen LogP contribution is 2.25. The third-order valence-electron chi connectivity index (χ3n) is 3.29. The lowest BCUT2D eigenvalue weighted by Gasteiger charge is -2.17. The van der Waals surface area contributed by atoms with E-state index in [0.29, 0.717) is 24.3 Å². The Bertz CT molecular complexity index is 578. The van der Waals surface area contributed by atoms with Gasteiger partial charge in [0.15, 0.2) is 9.84 Å². The smallest absolute Gasteiger partial charge is 0.220 e. The number of hydrogen-bond donors (Lipinski definition) is 1. The fraction of sp³-hybridized carbons (Fsp3) is 0.500. The van der Waals surface area contributed by atoms with Crippen molar-refractivity contribution in [3.8, 4) is 0 Å². The highest BCUT2D eigenvalue weighted by atomic mass is 32.2. The van der Waals surface area contributed by atoms with Crippen molar-refractivity contribution >= 4 is 15.7 Å². The zero-order valence-electron chi connectivity index (χ0n) is 11.1. The van der Waals surface area contributed by atoms with Crippen LogP contribution < -0.4 is 5.32 Å². The molecule has 0 aromatic heterocycles. The summed E-state index contributed by atoms with van der Waals surface area (Å²) in [6.07, 6.45) is 2.83. The molecule has 0 unspecified atom stereocenters. The van der Waals surface area contributed by atoms with Gasteiger partial charge in [0.25, 0.3) is 0 Å². The number of fused-ring (bicyclic) bond motifs is 1. The average Bonchev–Trinajstić information content (AvgIpc) is 2.36.